The van der Waals surface area contributed by atoms with Gasteiger partial charge in [0.1, 0.15) is 5.54 Å². The molecule has 0 fully saturated rings. The molecule has 19 heavy (non-hydrogen) atoms. The molecule has 1 aromatic rings. The molecule has 0 saturated carbocycles. The number of ketones is 1. The van der Waals surface area contributed by atoms with Crippen LogP contribution in [0.4, 0.5) is 0 Å². The van der Waals surface area contributed by atoms with Gasteiger partial charge < -0.3 is 5.32 Å². The summed E-state index contributed by atoms with van der Waals surface area (Å²) in [6, 6.07) is 8.98. The molecule has 1 N–H and O–H groups in total. The van der Waals surface area contributed by atoms with Gasteiger partial charge >= 0.3 is 0 Å². The second-order valence-electron chi connectivity index (χ2n) is 5.95. The van der Waals surface area contributed by atoms with Crippen LogP contribution in [0.2, 0.25) is 0 Å². The van der Waals surface area contributed by atoms with Crippen LogP contribution in [0, 0.1) is 5.41 Å². The normalized spacial score (nSPS) is 22.6. The summed E-state index contributed by atoms with van der Waals surface area (Å²) in [6.07, 6.45) is 3.95. The maximum absolute atomic E-state index is 12.3. The number of hydrogen-bond donors (Lipinski definition) is 1. The van der Waals surface area contributed by atoms with Crippen molar-refractivity contribution in [2.45, 2.75) is 32.7 Å². The number of nitrogens with one attached hydrogen (secondary N) is 1. The smallest absolute Gasteiger partial charge is 0.252 e. The zero-order valence-electron chi connectivity index (χ0n) is 11.6. The Kier molecular flexibility index (Phi) is 3.31. The first-order chi connectivity index (χ1) is 8.87. The maximum atomic E-state index is 12.3. The van der Waals surface area contributed by atoms with E-state index in [9.17, 15) is 9.59 Å². The van der Waals surface area contributed by atoms with Crippen LogP contribution in [0.1, 0.15) is 37.6 Å². The molecule has 1 aliphatic rings. The molecule has 0 bridgehead atoms. The van der Waals surface area contributed by atoms with Crippen LogP contribution in [-0.4, -0.2) is 17.2 Å². The lowest BCUT2D eigenvalue weighted by atomic mass is 9.71. The molecule has 100 valence electrons. The Morgan fingerprint density at radius 2 is 1.84 bits per heavy atom. The largest absolute Gasteiger partial charge is 0.338 e. The zero-order valence-corrected chi connectivity index (χ0v) is 11.6. The molecule has 1 amide bonds. The molecule has 1 atom stereocenters. The molecule has 3 heteroatoms. The highest BCUT2D eigenvalue weighted by Gasteiger charge is 2.49. The van der Waals surface area contributed by atoms with Crippen molar-refractivity contribution in [3.05, 3.63) is 48.0 Å². The topological polar surface area (TPSA) is 46.2 Å². The summed E-state index contributed by atoms with van der Waals surface area (Å²) in [4.78, 5) is 24.5. The predicted octanol–water partition coefficient (Wildman–Crippen LogP) is 2.73. The second kappa shape index (κ2) is 4.65. The lowest BCUT2D eigenvalue weighted by molar-refractivity contribution is -0.123. The van der Waals surface area contributed by atoms with Crippen LogP contribution in [0.3, 0.4) is 0 Å². The van der Waals surface area contributed by atoms with E-state index in [1.807, 2.05) is 45.0 Å². The van der Waals surface area contributed by atoms with Crippen LogP contribution in [0.25, 0.3) is 0 Å². The first kappa shape index (κ1) is 13.5. The van der Waals surface area contributed by atoms with Gasteiger partial charge in [0.15, 0.2) is 5.78 Å². The lowest BCUT2D eigenvalue weighted by Gasteiger charge is -2.41. The van der Waals surface area contributed by atoms with E-state index in [0.29, 0.717) is 12.0 Å². The van der Waals surface area contributed by atoms with E-state index in [-0.39, 0.29) is 17.1 Å². The van der Waals surface area contributed by atoms with Crippen molar-refractivity contribution in [1.29, 1.82) is 0 Å². The zero-order chi connectivity index (χ0) is 14.1. The summed E-state index contributed by atoms with van der Waals surface area (Å²) >= 11 is 0. The molecule has 0 aromatic heterocycles. The van der Waals surface area contributed by atoms with Gasteiger partial charge in [-0.3, -0.25) is 9.59 Å². The Balaban J connectivity index is 2.29. The number of carbonyl (C=O) groups excluding carboxylic acids is 2. The van der Waals surface area contributed by atoms with Gasteiger partial charge in [0.05, 0.1) is 0 Å². The van der Waals surface area contributed by atoms with Gasteiger partial charge in [0, 0.05) is 5.56 Å². The van der Waals surface area contributed by atoms with E-state index in [4.69, 9.17) is 0 Å². The summed E-state index contributed by atoms with van der Waals surface area (Å²) in [5, 5.41) is 2.95. The van der Waals surface area contributed by atoms with Crippen molar-refractivity contribution < 1.29 is 9.59 Å². The van der Waals surface area contributed by atoms with Gasteiger partial charge in [0.2, 0.25) is 0 Å². The van der Waals surface area contributed by atoms with Crippen molar-refractivity contribution >= 4 is 11.7 Å². The molecule has 0 saturated heterocycles. The highest BCUT2D eigenvalue weighted by Crippen LogP contribution is 2.38. The van der Waals surface area contributed by atoms with Crippen molar-refractivity contribution in [2.75, 3.05) is 0 Å². The average Bonchev–Trinajstić information content (AvgIpc) is 2.72. The van der Waals surface area contributed by atoms with Crippen LogP contribution < -0.4 is 5.32 Å². The monoisotopic (exact) mass is 257 g/mol. The highest BCUT2D eigenvalue weighted by molar-refractivity contribution is 6.06. The quantitative estimate of drug-likeness (QED) is 0.885. The van der Waals surface area contributed by atoms with Crippen LogP contribution >= 0.6 is 0 Å². The molecule has 0 spiro atoms. The Bertz CT molecular complexity index is 525. The molecular weight excluding hydrogens is 238 g/mol. The van der Waals surface area contributed by atoms with E-state index < -0.39 is 5.54 Å². The van der Waals surface area contributed by atoms with Crippen molar-refractivity contribution in [2.24, 2.45) is 5.41 Å². The third kappa shape index (κ3) is 2.33. The van der Waals surface area contributed by atoms with E-state index in [0.717, 1.165) is 0 Å². The summed E-state index contributed by atoms with van der Waals surface area (Å²) in [7, 11) is 0. The number of rotatable bonds is 2. The third-order valence-corrected chi connectivity index (χ3v) is 3.76. The number of amides is 1. The fourth-order valence-electron chi connectivity index (χ4n) is 2.42. The summed E-state index contributed by atoms with van der Waals surface area (Å²) in [5.41, 5.74) is -0.594. The molecule has 0 heterocycles. The van der Waals surface area contributed by atoms with Crippen LogP contribution in [0.5, 0.6) is 0 Å². The highest BCUT2D eigenvalue weighted by atomic mass is 16.2. The van der Waals surface area contributed by atoms with Gasteiger partial charge in [-0.2, -0.15) is 0 Å². The predicted molar refractivity (Wildman–Crippen MR) is 74.9 cm³/mol. The Morgan fingerprint density at radius 3 is 2.32 bits per heavy atom. The van der Waals surface area contributed by atoms with Gasteiger partial charge in [-0.25, -0.2) is 0 Å². The van der Waals surface area contributed by atoms with Crippen molar-refractivity contribution in [1.82, 2.24) is 5.32 Å². The Morgan fingerprint density at radius 1 is 1.21 bits per heavy atom. The molecule has 1 unspecified atom stereocenters. The van der Waals surface area contributed by atoms with E-state index in [1.54, 1.807) is 18.2 Å². The van der Waals surface area contributed by atoms with Crippen LogP contribution in [0.15, 0.2) is 42.5 Å². The van der Waals surface area contributed by atoms with Gasteiger partial charge in [0.25, 0.3) is 5.91 Å². The van der Waals surface area contributed by atoms with E-state index in [2.05, 4.69) is 5.32 Å². The van der Waals surface area contributed by atoms with Gasteiger partial charge in [-0.15, -0.1) is 0 Å². The standard InChI is InChI=1S/C16H19NO2/c1-15(2,3)16(11-7-10-13(16)18)17-14(19)12-8-5-4-6-9-12/h4-10H,11H2,1-3H3,(H,17,19). The Hall–Kier alpha value is -1.90. The fourth-order valence-corrected chi connectivity index (χ4v) is 2.42. The summed E-state index contributed by atoms with van der Waals surface area (Å²) in [5.74, 6) is -0.225. The fraction of sp³-hybridized carbons (Fsp3) is 0.375. The van der Waals surface area contributed by atoms with E-state index >= 15 is 0 Å². The third-order valence-electron chi connectivity index (χ3n) is 3.76. The van der Waals surface area contributed by atoms with Crippen molar-refractivity contribution in [3.63, 3.8) is 0 Å². The minimum Gasteiger partial charge on any atom is -0.338 e. The van der Waals surface area contributed by atoms with Crippen LogP contribution in [-0.2, 0) is 4.79 Å². The minimum absolute atomic E-state index is 0.0238. The molecule has 0 radical (unpaired) electrons. The van der Waals surface area contributed by atoms with Gasteiger partial charge in [-0.1, -0.05) is 45.0 Å². The van der Waals surface area contributed by atoms with E-state index in [1.165, 1.54) is 0 Å². The minimum atomic E-state index is -0.833. The first-order valence-electron chi connectivity index (χ1n) is 6.45. The molecule has 3 nitrogen and oxygen atoms in total. The SMILES string of the molecule is CC(C)(C)C1(NC(=O)c2ccccc2)CC=CC1=O. The first-order valence-corrected chi connectivity index (χ1v) is 6.45. The molecular formula is C16H19NO2. The number of carbonyl (C=O) groups is 2. The second-order valence-corrected chi connectivity index (χ2v) is 5.95. The maximum Gasteiger partial charge on any atom is 0.252 e. The summed E-state index contributed by atoms with van der Waals surface area (Å²) < 4.78 is 0. The number of hydrogen-bond acceptors (Lipinski definition) is 2. The summed E-state index contributed by atoms with van der Waals surface area (Å²) in [6.45, 7) is 5.93. The van der Waals surface area contributed by atoms with Gasteiger partial charge in [-0.05, 0) is 30.0 Å². The average molecular weight is 257 g/mol. The molecule has 1 aromatic carbocycles. The molecule has 0 aliphatic heterocycles. The number of benzene rings is 1. The molecule has 2 rings (SSSR count). The Labute approximate surface area is 113 Å². The van der Waals surface area contributed by atoms with Crippen molar-refractivity contribution in [3.8, 4) is 0 Å². The lowest BCUT2D eigenvalue weighted by Crippen LogP contribution is -2.60. The molecule has 1 aliphatic carbocycles.